The van der Waals surface area contributed by atoms with E-state index in [9.17, 15) is 18.0 Å². The van der Waals surface area contributed by atoms with Gasteiger partial charge in [-0.1, -0.05) is 0 Å². The Labute approximate surface area is 147 Å². The van der Waals surface area contributed by atoms with Crippen molar-refractivity contribution < 1.29 is 18.0 Å². The fourth-order valence-electron chi connectivity index (χ4n) is 3.16. The maximum Gasteiger partial charge on any atom is 0.433 e. The van der Waals surface area contributed by atoms with E-state index in [1.54, 1.807) is 4.90 Å². The number of hydrogen-bond acceptors (Lipinski definition) is 5. The van der Waals surface area contributed by atoms with Crippen LogP contribution in [0.1, 0.15) is 39.6 Å². The number of anilines is 1. The number of rotatable bonds is 2. The van der Waals surface area contributed by atoms with Gasteiger partial charge in [0.2, 0.25) is 0 Å². The summed E-state index contributed by atoms with van der Waals surface area (Å²) < 4.78 is 37.9. The predicted octanol–water partition coefficient (Wildman–Crippen LogP) is 2.56. The van der Waals surface area contributed by atoms with Crippen LogP contribution < -0.4 is 4.90 Å². The lowest BCUT2D eigenvalue weighted by atomic mass is 10.1. The smallest absolute Gasteiger partial charge is 0.356 e. The number of alkyl halides is 3. The number of amides is 1. The summed E-state index contributed by atoms with van der Waals surface area (Å²) in [4.78, 5) is 28.7. The summed E-state index contributed by atoms with van der Waals surface area (Å²) in [6.07, 6.45) is -2.44. The molecule has 26 heavy (non-hydrogen) atoms. The van der Waals surface area contributed by atoms with Gasteiger partial charge in [-0.3, -0.25) is 9.78 Å². The lowest BCUT2D eigenvalue weighted by molar-refractivity contribution is -0.141. The molecular weight excluding hydrogens is 347 g/mol. The molecule has 0 spiro atoms. The molecule has 6 nitrogen and oxygen atoms in total. The summed E-state index contributed by atoms with van der Waals surface area (Å²) in [7, 11) is 0. The minimum atomic E-state index is -4.52. The van der Waals surface area contributed by atoms with E-state index in [1.165, 1.54) is 0 Å². The Morgan fingerprint density at radius 2 is 1.92 bits per heavy atom. The van der Waals surface area contributed by atoms with Crippen LogP contribution in [0.3, 0.4) is 0 Å². The maximum atomic E-state index is 12.7. The van der Waals surface area contributed by atoms with Gasteiger partial charge in [-0.05, 0) is 25.5 Å². The zero-order chi connectivity index (χ0) is 18.5. The van der Waals surface area contributed by atoms with Crippen molar-refractivity contribution >= 4 is 11.7 Å². The zero-order valence-electron chi connectivity index (χ0n) is 14.0. The lowest BCUT2D eigenvalue weighted by Gasteiger charge is -2.33. The average molecular weight is 363 g/mol. The molecule has 0 unspecified atom stereocenters. The summed E-state index contributed by atoms with van der Waals surface area (Å²) in [5, 5.41) is 0. The second kappa shape index (κ2) is 5.93. The van der Waals surface area contributed by atoms with Crippen LogP contribution in [-0.2, 0) is 19.3 Å². The van der Waals surface area contributed by atoms with E-state index in [-0.39, 0.29) is 11.5 Å². The molecule has 0 bridgehead atoms. The molecule has 4 rings (SSSR count). The second-order valence-electron chi connectivity index (χ2n) is 6.45. The number of nitrogens with zero attached hydrogens (tertiary/aromatic N) is 5. The van der Waals surface area contributed by atoms with Crippen LogP contribution in [0.4, 0.5) is 19.0 Å². The minimum absolute atomic E-state index is 0.126. The van der Waals surface area contributed by atoms with Crippen molar-refractivity contribution in [2.24, 2.45) is 0 Å². The third-order valence-electron chi connectivity index (χ3n) is 4.62. The first-order valence-electron chi connectivity index (χ1n) is 8.27. The number of pyridine rings is 1. The van der Waals surface area contributed by atoms with Crippen molar-refractivity contribution in [3.63, 3.8) is 0 Å². The molecule has 136 valence electrons. The molecule has 1 amide bonds. The molecule has 0 aliphatic carbocycles. The first-order chi connectivity index (χ1) is 12.3. The number of halogens is 3. The molecular formula is C17H16F3N5O. The Balaban J connectivity index is 1.57. The van der Waals surface area contributed by atoms with Gasteiger partial charge in [0.25, 0.3) is 5.91 Å². The third-order valence-corrected chi connectivity index (χ3v) is 4.62. The van der Waals surface area contributed by atoms with Gasteiger partial charge in [0, 0.05) is 24.8 Å². The van der Waals surface area contributed by atoms with Crippen LogP contribution in [-0.4, -0.2) is 38.8 Å². The number of aryl methyl sites for hydroxylation is 1. The quantitative estimate of drug-likeness (QED) is 0.821. The number of carbonyl (C=O) groups is 1. The van der Waals surface area contributed by atoms with Crippen LogP contribution in [0, 0.1) is 6.92 Å². The molecule has 0 saturated carbocycles. The number of hydrogen-bond donors (Lipinski definition) is 0. The van der Waals surface area contributed by atoms with E-state index < -0.39 is 11.9 Å². The standard InChI is InChI=1S/C17H16F3N5O/c1-10-22-13-9-25(8-12(13)15(23-10)24-5-2-6-24)16(26)11-3-4-14(21-7-11)17(18,19)20/h3-4,7H,2,5-6,8-9H2,1H3. The van der Waals surface area contributed by atoms with E-state index in [1.807, 2.05) is 6.92 Å². The molecule has 2 aliphatic heterocycles. The van der Waals surface area contributed by atoms with Gasteiger partial charge in [-0.2, -0.15) is 13.2 Å². The highest BCUT2D eigenvalue weighted by atomic mass is 19.4. The third kappa shape index (κ3) is 2.87. The van der Waals surface area contributed by atoms with Gasteiger partial charge in [-0.15, -0.1) is 0 Å². The Bertz CT molecular complexity index is 862. The second-order valence-corrected chi connectivity index (χ2v) is 6.45. The molecule has 0 radical (unpaired) electrons. The summed E-state index contributed by atoms with van der Waals surface area (Å²) in [6.45, 7) is 4.34. The normalized spacial score (nSPS) is 16.5. The van der Waals surface area contributed by atoms with Gasteiger partial charge >= 0.3 is 6.18 Å². The lowest BCUT2D eigenvalue weighted by Crippen LogP contribution is -2.38. The van der Waals surface area contributed by atoms with E-state index in [0.717, 1.165) is 54.9 Å². The van der Waals surface area contributed by atoms with E-state index >= 15 is 0 Å². The molecule has 0 N–H and O–H groups in total. The predicted molar refractivity (Wildman–Crippen MR) is 86.4 cm³/mol. The van der Waals surface area contributed by atoms with Crippen molar-refractivity contribution in [2.75, 3.05) is 18.0 Å². The highest BCUT2D eigenvalue weighted by molar-refractivity contribution is 5.94. The van der Waals surface area contributed by atoms with Gasteiger partial charge in [0.1, 0.15) is 17.3 Å². The Morgan fingerprint density at radius 3 is 2.50 bits per heavy atom. The molecule has 1 saturated heterocycles. The van der Waals surface area contributed by atoms with Crippen LogP contribution in [0.2, 0.25) is 0 Å². The van der Waals surface area contributed by atoms with Gasteiger partial charge in [0.15, 0.2) is 0 Å². The SMILES string of the molecule is Cc1nc2c(c(N3CCC3)n1)CN(C(=O)c1ccc(C(F)(F)F)nc1)C2. The van der Waals surface area contributed by atoms with Crippen LogP contribution in [0.15, 0.2) is 18.3 Å². The largest absolute Gasteiger partial charge is 0.433 e. The molecule has 0 atom stereocenters. The molecule has 1 fully saturated rings. The molecule has 2 aromatic rings. The van der Waals surface area contributed by atoms with E-state index in [2.05, 4.69) is 19.9 Å². The Morgan fingerprint density at radius 1 is 1.15 bits per heavy atom. The summed E-state index contributed by atoms with van der Waals surface area (Å²) in [6, 6.07) is 1.99. The number of carbonyl (C=O) groups excluding carboxylic acids is 1. The average Bonchev–Trinajstić information content (AvgIpc) is 2.95. The highest BCUT2D eigenvalue weighted by Gasteiger charge is 2.34. The van der Waals surface area contributed by atoms with Gasteiger partial charge < -0.3 is 9.80 Å². The van der Waals surface area contributed by atoms with Crippen molar-refractivity contribution in [3.05, 3.63) is 46.7 Å². The first-order valence-corrected chi connectivity index (χ1v) is 8.27. The number of fused-ring (bicyclic) bond motifs is 1. The summed E-state index contributed by atoms with van der Waals surface area (Å²) >= 11 is 0. The molecule has 2 aliphatic rings. The van der Waals surface area contributed by atoms with Crippen LogP contribution >= 0.6 is 0 Å². The Kier molecular flexibility index (Phi) is 3.82. The Hall–Kier alpha value is -2.71. The first kappa shape index (κ1) is 16.7. The fourth-order valence-corrected chi connectivity index (χ4v) is 3.16. The van der Waals surface area contributed by atoms with Crippen LogP contribution in [0.5, 0.6) is 0 Å². The topological polar surface area (TPSA) is 62.2 Å². The minimum Gasteiger partial charge on any atom is -0.356 e. The van der Waals surface area contributed by atoms with Crippen molar-refractivity contribution in [2.45, 2.75) is 32.6 Å². The molecule has 9 heteroatoms. The maximum absolute atomic E-state index is 12.7. The van der Waals surface area contributed by atoms with Gasteiger partial charge in [0.05, 0.1) is 24.3 Å². The van der Waals surface area contributed by atoms with Crippen molar-refractivity contribution in [1.82, 2.24) is 19.9 Å². The molecule has 0 aromatic carbocycles. The fraction of sp³-hybridized carbons (Fsp3) is 0.412. The van der Waals surface area contributed by atoms with Crippen molar-refractivity contribution in [1.29, 1.82) is 0 Å². The van der Waals surface area contributed by atoms with E-state index in [0.29, 0.717) is 18.9 Å². The molecule has 4 heterocycles. The zero-order valence-corrected chi connectivity index (χ0v) is 14.0. The van der Waals surface area contributed by atoms with E-state index in [4.69, 9.17) is 0 Å². The summed E-state index contributed by atoms with van der Waals surface area (Å²) in [5.41, 5.74) is 0.831. The number of aromatic nitrogens is 3. The van der Waals surface area contributed by atoms with Crippen molar-refractivity contribution in [3.8, 4) is 0 Å². The highest BCUT2D eigenvalue weighted by Crippen LogP contribution is 2.32. The van der Waals surface area contributed by atoms with Crippen LogP contribution in [0.25, 0.3) is 0 Å². The monoisotopic (exact) mass is 363 g/mol. The molecule has 2 aromatic heterocycles. The summed E-state index contributed by atoms with van der Waals surface area (Å²) in [5.74, 6) is 1.15. The van der Waals surface area contributed by atoms with Gasteiger partial charge in [-0.25, -0.2) is 9.97 Å².